The van der Waals surface area contributed by atoms with Gasteiger partial charge in [-0.15, -0.1) is 0 Å². The topological polar surface area (TPSA) is 91.6 Å². The summed E-state index contributed by atoms with van der Waals surface area (Å²) in [7, 11) is 1.52. The average Bonchev–Trinajstić information content (AvgIpc) is 2.93. The highest BCUT2D eigenvalue weighted by atomic mass is 16.5. The zero-order chi connectivity index (χ0) is 26.8. The van der Waals surface area contributed by atoms with Crippen molar-refractivity contribution in [2.75, 3.05) is 31.6 Å². The van der Waals surface area contributed by atoms with Gasteiger partial charge in [-0.1, -0.05) is 29.8 Å². The van der Waals surface area contributed by atoms with Gasteiger partial charge in [0.1, 0.15) is 11.4 Å². The molecule has 2 aliphatic heterocycles. The van der Waals surface area contributed by atoms with E-state index in [9.17, 15) is 14.4 Å². The number of aryl methyl sites for hydroxylation is 1. The molecule has 0 bridgehead atoms. The van der Waals surface area contributed by atoms with Crippen LogP contribution in [0.25, 0.3) is 0 Å². The van der Waals surface area contributed by atoms with Gasteiger partial charge in [-0.25, -0.2) is 9.98 Å². The summed E-state index contributed by atoms with van der Waals surface area (Å²) in [6.07, 6.45) is 1.18. The number of piperazine rings is 1. The fourth-order valence-corrected chi connectivity index (χ4v) is 4.71. The number of anilines is 1. The van der Waals surface area contributed by atoms with Gasteiger partial charge in [-0.2, -0.15) is 0 Å². The summed E-state index contributed by atoms with van der Waals surface area (Å²) in [4.78, 5) is 51.2. The van der Waals surface area contributed by atoms with Crippen molar-refractivity contribution in [1.29, 1.82) is 0 Å². The predicted molar refractivity (Wildman–Crippen MR) is 143 cm³/mol. The number of hydrogen-bond donors (Lipinski definition) is 0. The summed E-state index contributed by atoms with van der Waals surface area (Å²) >= 11 is 0. The molecule has 8 nitrogen and oxygen atoms in total. The van der Waals surface area contributed by atoms with Crippen molar-refractivity contribution in [2.24, 2.45) is 9.98 Å². The smallest absolute Gasteiger partial charge is 0.296 e. The highest BCUT2D eigenvalue weighted by molar-refractivity contribution is 6.10. The maximum absolute atomic E-state index is 13.3. The van der Waals surface area contributed by atoms with Gasteiger partial charge in [0.15, 0.2) is 5.78 Å². The number of methoxy groups -OCH3 is 1. The van der Waals surface area contributed by atoms with E-state index in [0.717, 1.165) is 12.2 Å². The molecule has 38 heavy (non-hydrogen) atoms. The van der Waals surface area contributed by atoms with Gasteiger partial charge in [0.25, 0.3) is 11.8 Å². The van der Waals surface area contributed by atoms with E-state index < -0.39 is 5.91 Å². The van der Waals surface area contributed by atoms with E-state index in [1.165, 1.54) is 18.7 Å². The quantitative estimate of drug-likeness (QED) is 0.391. The van der Waals surface area contributed by atoms with Crippen LogP contribution in [0.3, 0.4) is 0 Å². The molecule has 5 rings (SSSR count). The molecule has 0 aromatic heterocycles. The average molecular weight is 509 g/mol. The van der Waals surface area contributed by atoms with Crippen molar-refractivity contribution in [3.63, 3.8) is 0 Å². The van der Waals surface area contributed by atoms with Crippen LogP contribution >= 0.6 is 0 Å². The second kappa shape index (κ2) is 10.4. The Hall–Kier alpha value is -4.59. The second-order valence-electron chi connectivity index (χ2n) is 9.49. The number of fused-ring (bicyclic) bond motifs is 1. The summed E-state index contributed by atoms with van der Waals surface area (Å²) in [5.41, 5.74) is 3.14. The number of ketones is 1. The number of hydrogen-bond acceptors (Lipinski definition) is 6. The SMILES string of the molecule is COc1cccc(C(=O)/C=C2\N=c3ccc(C(=O)N4CCN(c5ccc(C)cc5)C(C)C4)cc3=NC2=O)c1. The Labute approximate surface area is 220 Å². The lowest BCUT2D eigenvalue weighted by Crippen LogP contribution is -2.54. The van der Waals surface area contributed by atoms with Gasteiger partial charge in [-0.3, -0.25) is 14.4 Å². The minimum atomic E-state index is -0.626. The predicted octanol–water partition coefficient (Wildman–Crippen LogP) is 2.90. The van der Waals surface area contributed by atoms with Crippen molar-refractivity contribution in [2.45, 2.75) is 19.9 Å². The Bertz CT molecular complexity index is 1580. The van der Waals surface area contributed by atoms with Crippen molar-refractivity contribution in [3.05, 3.63) is 106 Å². The normalized spacial score (nSPS) is 17.9. The molecular weight excluding hydrogens is 480 g/mol. The number of carbonyl (C=O) groups is 3. The second-order valence-corrected chi connectivity index (χ2v) is 9.49. The Morgan fingerprint density at radius 2 is 1.74 bits per heavy atom. The summed E-state index contributed by atoms with van der Waals surface area (Å²) in [5.74, 6) is -0.571. The standard InChI is InChI=1S/C30H28N4O4/c1-19-7-10-23(11-8-19)34-14-13-33(18-20(34)2)30(37)22-9-12-25-26(16-22)32-29(36)27(31-25)17-28(35)21-5-4-6-24(15-21)38-3/h4-12,15-17,20H,13-14,18H2,1-3H3/b27-17-. The van der Waals surface area contributed by atoms with Crippen LogP contribution in [-0.2, 0) is 4.79 Å². The first kappa shape index (κ1) is 25.1. The van der Waals surface area contributed by atoms with E-state index in [2.05, 4.69) is 53.0 Å². The lowest BCUT2D eigenvalue weighted by Gasteiger charge is -2.41. The van der Waals surface area contributed by atoms with Crippen LogP contribution in [0.15, 0.2) is 88.5 Å². The van der Waals surface area contributed by atoms with Crippen LogP contribution in [0.1, 0.15) is 33.2 Å². The Morgan fingerprint density at radius 1 is 0.947 bits per heavy atom. The molecule has 192 valence electrons. The number of benzene rings is 3. The Balaban J connectivity index is 1.33. The van der Waals surface area contributed by atoms with E-state index in [4.69, 9.17) is 4.74 Å². The molecular formula is C30H28N4O4. The summed E-state index contributed by atoms with van der Waals surface area (Å²) in [6, 6.07) is 20.2. The zero-order valence-electron chi connectivity index (χ0n) is 21.5. The van der Waals surface area contributed by atoms with Crippen molar-refractivity contribution in [1.82, 2.24) is 4.90 Å². The van der Waals surface area contributed by atoms with Gasteiger partial charge >= 0.3 is 0 Å². The van der Waals surface area contributed by atoms with E-state index in [1.807, 2.05) is 4.90 Å². The van der Waals surface area contributed by atoms with Gasteiger partial charge in [0.05, 0.1) is 17.8 Å². The summed E-state index contributed by atoms with van der Waals surface area (Å²) < 4.78 is 5.16. The molecule has 3 aromatic rings. The van der Waals surface area contributed by atoms with Crippen molar-refractivity contribution < 1.29 is 19.1 Å². The molecule has 2 aliphatic rings. The van der Waals surface area contributed by atoms with Gasteiger partial charge < -0.3 is 14.5 Å². The third-order valence-electron chi connectivity index (χ3n) is 6.81. The van der Waals surface area contributed by atoms with Crippen LogP contribution in [0.2, 0.25) is 0 Å². The van der Waals surface area contributed by atoms with Crippen LogP contribution in [0.5, 0.6) is 5.75 Å². The fourth-order valence-electron chi connectivity index (χ4n) is 4.71. The molecule has 1 atom stereocenters. The van der Waals surface area contributed by atoms with E-state index in [1.54, 1.807) is 42.5 Å². The van der Waals surface area contributed by atoms with Gasteiger partial charge in [0, 0.05) is 48.6 Å². The first-order valence-electron chi connectivity index (χ1n) is 12.5. The molecule has 0 spiro atoms. The van der Waals surface area contributed by atoms with Gasteiger partial charge in [-0.05, 0) is 56.3 Å². The third-order valence-corrected chi connectivity index (χ3v) is 6.81. The van der Waals surface area contributed by atoms with Crippen molar-refractivity contribution >= 4 is 23.3 Å². The van der Waals surface area contributed by atoms with Crippen LogP contribution in [0.4, 0.5) is 5.69 Å². The van der Waals surface area contributed by atoms with Crippen molar-refractivity contribution in [3.8, 4) is 5.75 Å². The molecule has 0 saturated carbocycles. The summed E-state index contributed by atoms with van der Waals surface area (Å²) in [6.45, 7) is 6.08. The van der Waals surface area contributed by atoms with Gasteiger partial charge in [0.2, 0.25) is 0 Å². The van der Waals surface area contributed by atoms with Crippen LogP contribution in [0, 0.1) is 6.92 Å². The number of rotatable bonds is 5. The zero-order valence-corrected chi connectivity index (χ0v) is 21.5. The largest absolute Gasteiger partial charge is 0.497 e. The number of carbonyl (C=O) groups excluding carboxylic acids is 3. The number of ether oxygens (including phenoxy) is 1. The lowest BCUT2D eigenvalue weighted by atomic mass is 10.1. The van der Waals surface area contributed by atoms with E-state index in [0.29, 0.717) is 40.7 Å². The maximum atomic E-state index is 13.3. The highest BCUT2D eigenvalue weighted by Crippen LogP contribution is 2.22. The molecule has 2 amide bonds. The monoisotopic (exact) mass is 508 g/mol. The maximum Gasteiger partial charge on any atom is 0.296 e. The highest BCUT2D eigenvalue weighted by Gasteiger charge is 2.28. The molecule has 1 saturated heterocycles. The number of amides is 2. The Morgan fingerprint density at radius 3 is 2.47 bits per heavy atom. The Kier molecular flexibility index (Phi) is 6.87. The molecule has 0 aliphatic carbocycles. The number of nitrogens with zero attached hydrogens (tertiary/aromatic N) is 4. The molecule has 0 N–H and O–H groups in total. The lowest BCUT2D eigenvalue weighted by molar-refractivity contribution is -0.114. The first-order chi connectivity index (χ1) is 18.3. The number of allylic oxidation sites excluding steroid dienone is 1. The molecule has 2 heterocycles. The molecule has 1 unspecified atom stereocenters. The van der Waals surface area contributed by atoms with E-state index in [-0.39, 0.29) is 23.4 Å². The van der Waals surface area contributed by atoms with E-state index >= 15 is 0 Å². The molecule has 0 radical (unpaired) electrons. The molecule has 3 aromatic carbocycles. The third kappa shape index (κ3) is 5.11. The molecule has 1 fully saturated rings. The van der Waals surface area contributed by atoms with Crippen LogP contribution < -0.4 is 20.4 Å². The minimum Gasteiger partial charge on any atom is -0.497 e. The summed E-state index contributed by atoms with van der Waals surface area (Å²) in [5, 5.41) is 0.751. The van der Waals surface area contributed by atoms with Crippen LogP contribution in [-0.4, -0.2) is 55.3 Å². The minimum absolute atomic E-state index is 0.0505. The fraction of sp³-hybridized carbons (Fsp3) is 0.233. The molecule has 8 heteroatoms. The first-order valence-corrected chi connectivity index (χ1v) is 12.5.